The van der Waals surface area contributed by atoms with Crippen molar-refractivity contribution in [3.8, 4) is 0 Å². The quantitative estimate of drug-likeness (QED) is 0.0559. The van der Waals surface area contributed by atoms with E-state index in [9.17, 15) is 9.90 Å². The molecule has 44 heavy (non-hydrogen) atoms. The highest BCUT2D eigenvalue weighted by Gasteiger charge is 2.17. The van der Waals surface area contributed by atoms with E-state index in [0.717, 1.165) is 25.7 Å². The maximum atomic E-state index is 11.5. The highest BCUT2D eigenvalue weighted by atomic mass is 16.5. The highest BCUT2D eigenvalue weighted by molar-refractivity contribution is 5.72. The summed E-state index contributed by atoms with van der Waals surface area (Å²) in [5, 5.41) is 9.45. The third-order valence-electron chi connectivity index (χ3n) is 8.68. The number of carbonyl (C=O) groups is 1. The van der Waals surface area contributed by atoms with E-state index >= 15 is 0 Å². The van der Waals surface area contributed by atoms with Crippen molar-refractivity contribution in [3.05, 3.63) is 23.8 Å². The Hall–Kier alpha value is -1.13. The maximum Gasteiger partial charge on any atom is 0.335 e. The molecular formula is C40H76O4. The molecule has 0 amide bonds. The number of unbranched alkanes of at least 4 members (excludes halogenated alkanes) is 23. The van der Waals surface area contributed by atoms with Crippen molar-refractivity contribution in [2.45, 2.75) is 207 Å². The fraction of sp³-hybridized carbons (Fsp3) is 0.875. The van der Waals surface area contributed by atoms with Gasteiger partial charge in [0, 0.05) is 13.2 Å². The number of aliphatic carboxylic acids is 1. The molecule has 0 aromatic rings. The molecule has 0 spiro atoms. The monoisotopic (exact) mass is 621 g/mol. The van der Waals surface area contributed by atoms with Gasteiger partial charge >= 0.3 is 5.97 Å². The van der Waals surface area contributed by atoms with Crippen molar-refractivity contribution in [3.63, 3.8) is 0 Å². The minimum Gasteiger partial charge on any atom is -0.479 e. The molecule has 0 saturated carbocycles. The lowest BCUT2D eigenvalue weighted by atomic mass is 10.0. The van der Waals surface area contributed by atoms with E-state index < -0.39 is 12.1 Å². The molecule has 0 aromatic carbocycles. The number of hydrogen-bond donors (Lipinski definition) is 1. The Morgan fingerprint density at radius 2 is 1.00 bits per heavy atom. The summed E-state index contributed by atoms with van der Waals surface area (Å²) < 4.78 is 11.3. The van der Waals surface area contributed by atoms with Gasteiger partial charge in [-0.25, -0.2) is 4.79 Å². The predicted octanol–water partition coefficient (Wildman–Crippen LogP) is 12.9. The first-order valence-corrected chi connectivity index (χ1v) is 19.3. The fourth-order valence-corrected chi connectivity index (χ4v) is 5.65. The first-order chi connectivity index (χ1) is 21.6. The van der Waals surface area contributed by atoms with Crippen LogP contribution < -0.4 is 0 Å². The zero-order valence-corrected chi connectivity index (χ0v) is 29.9. The van der Waals surface area contributed by atoms with E-state index in [1.165, 1.54) is 154 Å². The summed E-state index contributed by atoms with van der Waals surface area (Å²) in [6.45, 7) is 8.14. The molecule has 1 atom stereocenters. The molecule has 0 fully saturated rings. The summed E-state index contributed by atoms with van der Waals surface area (Å²) in [6, 6.07) is 0. The Labute approximate surface area is 275 Å². The molecule has 1 unspecified atom stereocenters. The van der Waals surface area contributed by atoms with Gasteiger partial charge in [0.25, 0.3) is 0 Å². The van der Waals surface area contributed by atoms with Gasteiger partial charge in [-0.05, 0) is 71.1 Å². The molecule has 0 aliphatic heterocycles. The first-order valence-electron chi connectivity index (χ1n) is 19.3. The third-order valence-corrected chi connectivity index (χ3v) is 8.68. The average Bonchev–Trinajstić information content (AvgIpc) is 3.01. The minimum absolute atomic E-state index is 0.159. The zero-order chi connectivity index (χ0) is 32.2. The summed E-state index contributed by atoms with van der Waals surface area (Å²) in [7, 11) is 0. The summed E-state index contributed by atoms with van der Waals surface area (Å²) in [4.78, 5) is 11.5. The Bertz CT molecular complexity index is 641. The molecule has 0 bridgehead atoms. The van der Waals surface area contributed by atoms with E-state index in [2.05, 4.69) is 39.0 Å². The predicted molar refractivity (Wildman–Crippen MR) is 192 cm³/mol. The van der Waals surface area contributed by atoms with Gasteiger partial charge in [0.1, 0.15) is 0 Å². The van der Waals surface area contributed by atoms with Crippen LogP contribution in [0.15, 0.2) is 23.8 Å². The smallest absolute Gasteiger partial charge is 0.335 e. The Morgan fingerprint density at radius 1 is 0.568 bits per heavy atom. The minimum atomic E-state index is -0.911. The second kappa shape index (κ2) is 36.3. The molecule has 1 N–H and O–H groups in total. The van der Waals surface area contributed by atoms with Gasteiger partial charge in [-0.1, -0.05) is 153 Å². The summed E-state index contributed by atoms with van der Waals surface area (Å²) in [6.07, 6.45) is 42.1. The molecule has 0 rings (SSSR count). The Balaban J connectivity index is 3.51. The van der Waals surface area contributed by atoms with Crippen LogP contribution in [0.1, 0.15) is 201 Å². The second-order valence-corrected chi connectivity index (χ2v) is 13.2. The lowest BCUT2D eigenvalue weighted by Crippen LogP contribution is -2.29. The van der Waals surface area contributed by atoms with Crippen LogP contribution in [0.2, 0.25) is 0 Å². The van der Waals surface area contributed by atoms with E-state index in [4.69, 9.17) is 9.47 Å². The van der Waals surface area contributed by atoms with Crippen molar-refractivity contribution in [2.24, 2.45) is 0 Å². The Kier molecular flexibility index (Phi) is 35.4. The molecule has 0 radical (unpaired) electrons. The van der Waals surface area contributed by atoms with E-state index in [1.807, 2.05) is 0 Å². The van der Waals surface area contributed by atoms with Crippen molar-refractivity contribution in [2.75, 3.05) is 19.8 Å². The van der Waals surface area contributed by atoms with Gasteiger partial charge in [0.15, 0.2) is 6.10 Å². The number of hydrogen-bond acceptors (Lipinski definition) is 3. The van der Waals surface area contributed by atoms with E-state index in [-0.39, 0.29) is 6.61 Å². The zero-order valence-electron chi connectivity index (χ0n) is 29.9. The highest BCUT2D eigenvalue weighted by Crippen LogP contribution is 2.14. The van der Waals surface area contributed by atoms with Gasteiger partial charge in [0.05, 0.1) is 6.61 Å². The number of carboxylic acids is 1. The number of rotatable bonds is 36. The van der Waals surface area contributed by atoms with Crippen LogP contribution in [0.4, 0.5) is 0 Å². The molecule has 260 valence electrons. The first kappa shape index (κ1) is 42.9. The van der Waals surface area contributed by atoms with Crippen LogP contribution in [0, 0.1) is 0 Å². The second-order valence-electron chi connectivity index (χ2n) is 13.2. The van der Waals surface area contributed by atoms with Crippen LogP contribution in [0.3, 0.4) is 0 Å². The van der Waals surface area contributed by atoms with Gasteiger partial charge in [-0.2, -0.15) is 0 Å². The molecule has 0 aromatic heterocycles. The number of ether oxygens (including phenoxy) is 2. The fourth-order valence-electron chi connectivity index (χ4n) is 5.65. The van der Waals surface area contributed by atoms with Crippen LogP contribution in [0.5, 0.6) is 0 Å². The van der Waals surface area contributed by atoms with Crippen LogP contribution in [-0.4, -0.2) is 37.0 Å². The largest absolute Gasteiger partial charge is 0.479 e. The van der Waals surface area contributed by atoms with Gasteiger partial charge < -0.3 is 14.6 Å². The normalized spacial score (nSPS) is 12.8. The van der Waals surface area contributed by atoms with E-state index in [0.29, 0.717) is 13.2 Å². The third kappa shape index (κ3) is 33.8. The number of allylic oxidation sites excluding steroid dienone is 4. The summed E-state index contributed by atoms with van der Waals surface area (Å²) >= 11 is 0. The molecular weight excluding hydrogens is 544 g/mol. The van der Waals surface area contributed by atoms with Crippen molar-refractivity contribution in [1.82, 2.24) is 0 Å². The van der Waals surface area contributed by atoms with Gasteiger partial charge in [-0.3, -0.25) is 0 Å². The molecule has 0 aliphatic rings. The van der Waals surface area contributed by atoms with Crippen LogP contribution in [-0.2, 0) is 14.3 Å². The SMILES string of the molecule is CCCCCCCC/C=C\CCCCCCCCOC(COCCCCCCCC/C=C(/C)CCCCCCCC)C(=O)O. The van der Waals surface area contributed by atoms with Crippen molar-refractivity contribution in [1.29, 1.82) is 0 Å². The van der Waals surface area contributed by atoms with Crippen LogP contribution >= 0.6 is 0 Å². The molecule has 0 saturated heterocycles. The topological polar surface area (TPSA) is 55.8 Å². The van der Waals surface area contributed by atoms with Crippen molar-refractivity contribution >= 4 is 5.97 Å². The maximum absolute atomic E-state index is 11.5. The summed E-state index contributed by atoms with van der Waals surface area (Å²) in [5.74, 6) is -0.911. The lowest BCUT2D eigenvalue weighted by molar-refractivity contribution is -0.154. The summed E-state index contributed by atoms with van der Waals surface area (Å²) in [5.41, 5.74) is 1.57. The van der Waals surface area contributed by atoms with Crippen molar-refractivity contribution < 1.29 is 19.4 Å². The van der Waals surface area contributed by atoms with Gasteiger partial charge in [0.2, 0.25) is 0 Å². The molecule has 4 nitrogen and oxygen atoms in total. The standard InChI is InChI=1S/C40H76O4/c1-4-6-8-10-12-13-14-15-16-17-18-19-20-24-28-32-36-44-39(40(41)42)37-43-35-31-27-23-21-22-26-30-34-38(3)33-29-25-11-9-7-5-2/h15-16,34,39H,4-14,17-33,35-37H2,1-3H3,(H,41,42)/b16-15-,38-34-. The molecule has 4 heteroatoms. The van der Waals surface area contributed by atoms with E-state index in [1.54, 1.807) is 5.57 Å². The van der Waals surface area contributed by atoms with Crippen LogP contribution in [0.25, 0.3) is 0 Å². The molecule has 0 heterocycles. The average molecular weight is 621 g/mol. The Morgan fingerprint density at radius 3 is 1.52 bits per heavy atom. The molecule has 0 aliphatic carbocycles. The number of carboxylic acid groups (broad SMARTS) is 1. The lowest BCUT2D eigenvalue weighted by Gasteiger charge is -2.14. The van der Waals surface area contributed by atoms with Gasteiger partial charge in [-0.15, -0.1) is 0 Å².